The van der Waals surface area contributed by atoms with Crippen molar-refractivity contribution in [3.63, 3.8) is 0 Å². The largest absolute Gasteiger partial charge is 0.497 e. The molecule has 0 saturated carbocycles. The lowest BCUT2D eigenvalue weighted by Crippen LogP contribution is -1.95. The Morgan fingerprint density at radius 1 is 0.909 bits per heavy atom. The fourth-order valence-electron chi connectivity index (χ4n) is 2.04. The normalized spacial score (nSPS) is 10.4. The van der Waals surface area contributed by atoms with Crippen molar-refractivity contribution in [1.82, 2.24) is 0 Å². The van der Waals surface area contributed by atoms with Crippen LogP contribution >= 0.6 is 23.4 Å². The molecular weight excluding hydrogens is 320 g/mol. The van der Waals surface area contributed by atoms with Crippen molar-refractivity contribution in [2.24, 2.45) is 0 Å². The van der Waals surface area contributed by atoms with Crippen LogP contribution in [0, 0.1) is 0 Å². The van der Waals surface area contributed by atoms with Crippen LogP contribution in [0.25, 0.3) is 0 Å². The molecule has 0 aliphatic rings. The molecule has 5 heteroatoms. The first-order valence-electron chi connectivity index (χ1n) is 6.78. The van der Waals surface area contributed by atoms with Crippen molar-refractivity contribution in [3.8, 4) is 17.2 Å². The predicted octanol–water partition coefficient (Wildman–Crippen LogP) is 4.74. The van der Waals surface area contributed by atoms with E-state index in [-0.39, 0.29) is 0 Å². The molecule has 0 atom stereocenters. The first-order valence-corrected chi connectivity index (χ1v) is 8.30. The highest BCUT2D eigenvalue weighted by molar-refractivity contribution is 7.98. The minimum atomic E-state index is 0.415. The molecule has 0 unspecified atom stereocenters. The quantitative estimate of drug-likeness (QED) is 0.538. The Hall–Kier alpha value is -1.52. The van der Waals surface area contributed by atoms with Gasteiger partial charge in [0.05, 0.1) is 26.2 Å². The topological polar surface area (TPSA) is 27.7 Å². The lowest BCUT2D eigenvalue weighted by molar-refractivity contribution is 0.386. The summed E-state index contributed by atoms with van der Waals surface area (Å²) in [6.45, 7) is 0. The Labute approximate surface area is 140 Å². The van der Waals surface area contributed by atoms with Crippen LogP contribution in [-0.4, -0.2) is 21.3 Å². The average molecular weight is 339 g/mol. The molecule has 2 rings (SSSR count). The van der Waals surface area contributed by atoms with Crippen molar-refractivity contribution < 1.29 is 14.2 Å². The summed E-state index contributed by atoms with van der Waals surface area (Å²) in [5.74, 6) is 3.64. The number of alkyl halides is 1. The lowest BCUT2D eigenvalue weighted by atomic mass is 10.2. The van der Waals surface area contributed by atoms with Gasteiger partial charge in [0.15, 0.2) is 0 Å². The Balaban J connectivity index is 2.20. The number of rotatable bonds is 7. The number of thioether (sulfide) groups is 1. The van der Waals surface area contributed by atoms with Gasteiger partial charge in [0.1, 0.15) is 17.2 Å². The van der Waals surface area contributed by atoms with Gasteiger partial charge in [-0.1, -0.05) is 12.1 Å². The SMILES string of the molecule is COc1ccc(CSc2c(CCl)cc(OC)cc2OC)cc1. The van der Waals surface area contributed by atoms with E-state index in [0.29, 0.717) is 5.88 Å². The highest BCUT2D eigenvalue weighted by atomic mass is 35.5. The summed E-state index contributed by atoms with van der Waals surface area (Å²) in [7, 11) is 4.96. The van der Waals surface area contributed by atoms with Crippen molar-refractivity contribution in [2.75, 3.05) is 21.3 Å². The van der Waals surface area contributed by atoms with E-state index in [9.17, 15) is 0 Å². The molecule has 0 spiro atoms. The zero-order valence-corrected chi connectivity index (χ0v) is 14.5. The van der Waals surface area contributed by atoms with E-state index in [1.807, 2.05) is 24.3 Å². The molecule has 2 aromatic carbocycles. The Morgan fingerprint density at radius 3 is 2.14 bits per heavy atom. The van der Waals surface area contributed by atoms with E-state index < -0.39 is 0 Å². The van der Waals surface area contributed by atoms with Gasteiger partial charge in [0, 0.05) is 17.7 Å². The molecule has 0 N–H and O–H groups in total. The second kappa shape index (κ2) is 8.20. The van der Waals surface area contributed by atoms with Gasteiger partial charge in [-0.3, -0.25) is 0 Å². The van der Waals surface area contributed by atoms with E-state index in [0.717, 1.165) is 33.5 Å². The van der Waals surface area contributed by atoms with E-state index in [1.54, 1.807) is 33.1 Å². The molecule has 118 valence electrons. The molecule has 0 heterocycles. The molecule has 0 amide bonds. The fourth-order valence-corrected chi connectivity index (χ4v) is 3.44. The zero-order chi connectivity index (χ0) is 15.9. The molecule has 3 nitrogen and oxygen atoms in total. The van der Waals surface area contributed by atoms with Crippen LogP contribution in [-0.2, 0) is 11.6 Å². The first kappa shape index (κ1) is 16.8. The van der Waals surface area contributed by atoms with E-state index in [4.69, 9.17) is 25.8 Å². The van der Waals surface area contributed by atoms with Crippen LogP contribution in [0.3, 0.4) is 0 Å². The standard InChI is InChI=1S/C17H19ClO3S/c1-19-14-6-4-12(5-7-14)11-22-17-13(10-18)8-15(20-2)9-16(17)21-3/h4-9H,10-11H2,1-3H3. The highest BCUT2D eigenvalue weighted by Crippen LogP contribution is 2.38. The summed E-state index contributed by atoms with van der Waals surface area (Å²) < 4.78 is 15.9. The highest BCUT2D eigenvalue weighted by Gasteiger charge is 2.12. The number of benzene rings is 2. The third-order valence-electron chi connectivity index (χ3n) is 3.25. The second-order valence-electron chi connectivity index (χ2n) is 4.59. The maximum atomic E-state index is 6.07. The first-order chi connectivity index (χ1) is 10.7. The number of hydrogen-bond acceptors (Lipinski definition) is 4. The van der Waals surface area contributed by atoms with Gasteiger partial charge in [-0.15, -0.1) is 23.4 Å². The molecule has 22 heavy (non-hydrogen) atoms. The fraction of sp³-hybridized carbons (Fsp3) is 0.294. The van der Waals surface area contributed by atoms with Gasteiger partial charge >= 0.3 is 0 Å². The monoisotopic (exact) mass is 338 g/mol. The van der Waals surface area contributed by atoms with Gasteiger partial charge in [-0.2, -0.15) is 0 Å². The van der Waals surface area contributed by atoms with E-state index in [2.05, 4.69) is 12.1 Å². The molecular formula is C17H19ClO3S. The van der Waals surface area contributed by atoms with Crippen LogP contribution in [0.4, 0.5) is 0 Å². The van der Waals surface area contributed by atoms with Crippen LogP contribution in [0.2, 0.25) is 0 Å². The Bertz CT molecular complexity index is 589. The molecule has 0 bridgehead atoms. The van der Waals surface area contributed by atoms with Gasteiger partial charge < -0.3 is 14.2 Å². The predicted molar refractivity (Wildman–Crippen MR) is 91.7 cm³/mol. The molecule has 0 radical (unpaired) electrons. The molecule has 2 aromatic rings. The molecule has 0 aliphatic heterocycles. The number of methoxy groups -OCH3 is 3. The van der Waals surface area contributed by atoms with Crippen molar-refractivity contribution in [3.05, 3.63) is 47.5 Å². The van der Waals surface area contributed by atoms with Crippen molar-refractivity contribution in [1.29, 1.82) is 0 Å². The molecule has 0 aliphatic carbocycles. The van der Waals surface area contributed by atoms with Crippen LogP contribution in [0.15, 0.2) is 41.3 Å². The third-order valence-corrected chi connectivity index (χ3v) is 4.76. The van der Waals surface area contributed by atoms with Gasteiger partial charge in [-0.25, -0.2) is 0 Å². The maximum Gasteiger partial charge on any atom is 0.136 e. The Morgan fingerprint density at radius 2 is 1.59 bits per heavy atom. The van der Waals surface area contributed by atoms with Gasteiger partial charge in [-0.05, 0) is 29.3 Å². The maximum absolute atomic E-state index is 6.07. The summed E-state index contributed by atoms with van der Waals surface area (Å²) in [6, 6.07) is 11.9. The smallest absolute Gasteiger partial charge is 0.136 e. The molecule has 0 fully saturated rings. The minimum Gasteiger partial charge on any atom is -0.497 e. The minimum absolute atomic E-state index is 0.415. The summed E-state index contributed by atoms with van der Waals surface area (Å²) in [5.41, 5.74) is 2.22. The summed E-state index contributed by atoms with van der Waals surface area (Å²) in [6.07, 6.45) is 0. The molecule has 0 aromatic heterocycles. The third kappa shape index (κ3) is 4.02. The summed E-state index contributed by atoms with van der Waals surface area (Å²) in [4.78, 5) is 1.05. The van der Waals surface area contributed by atoms with E-state index >= 15 is 0 Å². The average Bonchev–Trinajstić information content (AvgIpc) is 2.59. The van der Waals surface area contributed by atoms with Crippen LogP contribution in [0.1, 0.15) is 11.1 Å². The Kier molecular flexibility index (Phi) is 6.28. The number of hydrogen-bond donors (Lipinski definition) is 0. The zero-order valence-electron chi connectivity index (χ0n) is 12.9. The number of ether oxygens (including phenoxy) is 3. The second-order valence-corrected chi connectivity index (χ2v) is 5.84. The van der Waals surface area contributed by atoms with E-state index in [1.165, 1.54) is 5.56 Å². The van der Waals surface area contributed by atoms with Crippen molar-refractivity contribution in [2.45, 2.75) is 16.5 Å². The number of halogens is 1. The van der Waals surface area contributed by atoms with Crippen LogP contribution < -0.4 is 14.2 Å². The van der Waals surface area contributed by atoms with Gasteiger partial charge in [0.25, 0.3) is 0 Å². The summed E-state index contributed by atoms with van der Waals surface area (Å²) in [5, 5.41) is 0. The molecule has 0 saturated heterocycles. The summed E-state index contributed by atoms with van der Waals surface area (Å²) >= 11 is 7.77. The van der Waals surface area contributed by atoms with Gasteiger partial charge in [0.2, 0.25) is 0 Å². The lowest BCUT2D eigenvalue weighted by Gasteiger charge is -2.14. The van der Waals surface area contributed by atoms with Crippen molar-refractivity contribution >= 4 is 23.4 Å². The van der Waals surface area contributed by atoms with Crippen LogP contribution in [0.5, 0.6) is 17.2 Å².